The lowest BCUT2D eigenvalue weighted by Gasteiger charge is -2.19. The molecule has 4 aromatic rings. The molecule has 1 aromatic carbocycles. The van der Waals surface area contributed by atoms with Gasteiger partial charge in [-0.15, -0.1) is 0 Å². The third-order valence-electron chi connectivity index (χ3n) is 5.22. The van der Waals surface area contributed by atoms with Gasteiger partial charge in [-0.25, -0.2) is 9.67 Å². The van der Waals surface area contributed by atoms with Crippen molar-refractivity contribution in [3.63, 3.8) is 0 Å². The molecule has 4 rings (SSSR count). The average molecular weight is 442 g/mol. The van der Waals surface area contributed by atoms with Crippen LogP contribution < -0.4 is 5.32 Å². The molecule has 1 atom stereocenters. The number of nitrogens with zero attached hydrogens (tertiary/aromatic N) is 6. The Labute approximate surface area is 193 Å². The number of hydrogen-bond acceptors (Lipinski definition) is 6. The number of aryl methyl sites for hydroxylation is 1. The van der Waals surface area contributed by atoms with Gasteiger partial charge in [0.15, 0.2) is 0 Å². The fourth-order valence-electron chi connectivity index (χ4n) is 3.48. The van der Waals surface area contributed by atoms with Crippen LogP contribution in [-0.4, -0.2) is 35.6 Å². The van der Waals surface area contributed by atoms with E-state index in [1.54, 1.807) is 23.3 Å². The van der Waals surface area contributed by atoms with Crippen molar-refractivity contribution in [2.75, 3.05) is 0 Å². The summed E-state index contributed by atoms with van der Waals surface area (Å²) in [6, 6.07) is 9.29. The topological polar surface area (TPSA) is 98.5 Å². The Bertz CT molecular complexity index is 1260. The minimum absolute atomic E-state index is 0.221. The van der Waals surface area contributed by atoms with Crippen LogP contribution in [0.5, 0.6) is 0 Å². The molecule has 0 spiro atoms. The summed E-state index contributed by atoms with van der Waals surface area (Å²) in [5.41, 5.74) is 4.37. The van der Waals surface area contributed by atoms with Gasteiger partial charge in [0.2, 0.25) is 0 Å². The van der Waals surface area contributed by atoms with E-state index in [4.69, 9.17) is 0 Å². The van der Waals surface area contributed by atoms with Crippen LogP contribution >= 0.6 is 0 Å². The maximum Gasteiger partial charge on any atom is 0.251 e. The first-order valence-electron chi connectivity index (χ1n) is 10.8. The van der Waals surface area contributed by atoms with Crippen molar-refractivity contribution in [1.29, 1.82) is 0 Å². The predicted octanol–water partition coefficient (Wildman–Crippen LogP) is 4.22. The fourth-order valence-corrected chi connectivity index (χ4v) is 3.48. The van der Waals surface area contributed by atoms with Crippen LogP contribution in [0.1, 0.15) is 61.2 Å². The Morgan fingerprint density at radius 1 is 1.03 bits per heavy atom. The lowest BCUT2D eigenvalue weighted by molar-refractivity contribution is 0.0939. The van der Waals surface area contributed by atoms with E-state index < -0.39 is 0 Å². The Morgan fingerprint density at radius 3 is 2.52 bits per heavy atom. The molecule has 33 heavy (non-hydrogen) atoms. The van der Waals surface area contributed by atoms with Gasteiger partial charge in [0.25, 0.3) is 5.91 Å². The van der Waals surface area contributed by atoms with Crippen molar-refractivity contribution < 1.29 is 4.79 Å². The molecule has 8 nitrogen and oxygen atoms in total. The van der Waals surface area contributed by atoms with Crippen LogP contribution in [0.15, 0.2) is 61.4 Å². The van der Waals surface area contributed by atoms with Gasteiger partial charge in [-0.1, -0.05) is 26.8 Å². The third kappa shape index (κ3) is 4.95. The van der Waals surface area contributed by atoms with Gasteiger partial charge in [0.1, 0.15) is 12.2 Å². The molecule has 1 unspecified atom stereocenters. The monoisotopic (exact) mass is 441 g/mol. The van der Waals surface area contributed by atoms with Crippen LogP contribution in [0.3, 0.4) is 0 Å². The number of amides is 1. The van der Waals surface area contributed by atoms with Crippen LogP contribution in [0, 0.1) is 6.92 Å². The molecule has 168 valence electrons. The Kier molecular flexibility index (Phi) is 6.00. The highest BCUT2D eigenvalue weighted by molar-refractivity contribution is 5.96. The minimum Gasteiger partial charge on any atom is -0.344 e. The highest BCUT2D eigenvalue weighted by Gasteiger charge is 2.23. The van der Waals surface area contributed by atoms with Crippen molar-refractivity contribution in [1.82, 2.24) is 35.0 Å². The highest BCUT2D eigenvalue weighted by Crippen LogP contribution is 2.27. The summed E-state index contributed by atoms with van der Waals surface area (Å²) in [4.78, 5) is 30.6. The lowest BCUT2D eigenvalue weighted by Crippen LogP contribution is -2.27. The summed E-state index contributed by atoms with van der Waals surface area (Å²) in [6.45, 7) is 10.1. The standard InChI is InChI=1S/C25H27N7O/c1-16-6-7-21(28-13-16)18-10-19(23(33)31-17(2)22-14-26-8-9-27-22)12-20(11-18)32-24(25(3,4)5)29-15-30-32/h6-15,17H,1-5H3,(H,31,33). The molecule has 1 amide bonds. The fraction of sp³-hybridized carbons (Fsp3) is 0.280. The number of carbonyl (C=O) groups is 1. The Balaban J connectivity index is 1.77. The van der Waals surface area contributed by atoms with E-state index in [0.29, 0.717) is 11.3 Å². The number of hydrogen-bond donors (Lipinski definition) is 1. The van der Waals surface area contributed by atoms with E-state index in [1.165, 1.54) is 6.33 Å². The number of pyridine rings is 1. The average Bonchev–Trinajstić information content (AvgIpc) is 3.31. The van der Waals surface area contributed by atoms with Gasteiger partial charge in [0.05, 0.1) is 29.3 Å². The van der Waals surface area contributed by atoms with Gasteiger partial charge in [-0.3, -0.25) is 19.7 Å². The molecule has 0 radical (unpaired) electrons. The minimum atomic E-state index is -0.299. The van der Waals surface area contributed by atoms with E-state index >= 15 is 0 Å². The van der Waals surface area contributed by atoms with E-state index in [-0.39, 0.29) is 17.4 Å². The summed E-state index contributed by atoms with van der Waals surface area (Å²) in [6.07, 6.45) is 8.21. The van der Waals surface area contributed by atoms with Crippen molar-refractivity contribution in [2.45, 2.75) is 46.1 Å². The summed E-state index contributed by atoms with van der Waals surface area (Å²) in [5, 5.41) is 7.46. The molecule has 8 heteroatoms. The van der Waals surface area contributed by atoms with Gasteiger partial charge < -0.3 is 5.32 Å². The first kappa shape index (κ1) is 22.3. The van der Waals surface area contributed by atoms with Gasteiger partial charge in [-0.05, 0) is 43.7 Å². The zero-order chi connectivity index (χ0) is 23.6. The normalized spacial score (nSPS) is 12.4. The van der Waals surface area contributed by atoms with Crippen molar-refractivity contribution in [2.24, 2.45) is 0 Å². The predicted molar refractivity (Wildman–Crippen MR) is 126 cm³/mol. The largest absolute Gasteiger partial charge is 0.344 e. The van der Waals surface area contributed by atoms with Crippen LogP contribution in [0.25, 0.3) is 16.9 Å². The molecule has 0 aliphatic carbocycles. The number of nitrogens with one attached hydrogen (secondary N) is 1. The van der Waals surface area contributed by atoms with Crippen LogP contribution in [0.4, 0.5) is 0 Å². The summed E-state index contributed by atoms with van der Waals surface area (Å²) >= 11 is 0. The maximum atomic E-state index is 13.2. The van der Waals surface area contributed by atoms with Gasteiger partial charge in [-0.2, -0.15) is 5.10 Å². The molecular weight excluding hydrogens is 414 g/mol. The summed E-state index contributed by atoms with van der Waals surface area (Å²) < 4.78 is 1.78. The summed E-state index contributed by atoms with van der Waals surface area (Å²) in [5.74, 6) is 0.580. The molecule has 0 bridgehead atoms. The SMILES string of the molecule is Cc1ccc(-c2cc(C(=O)NC(C)c3cnccn3)cc(-n3ncnc3C(C)(C)C)c2)nc1. The molecule has 3 aromatic heterocycles. The van der Waals surface area contributed by atoms with E-state index in [0.717, 1.165) is 28.3 Å². The number of rotatable bonds is 5. The molecule has 0 aliphatic heterocycles. The Morgan fingerprint density at radius 2 is 1.85 bits per heavy atom. The molecule has 0 saturated heterocycles. The van der Waals surface area contributed by atoms with Crippen molar-refractivity contribution in [3.05, 3.63) is 84.1 Å². The van der Waals surface area contributed by atoms with Gasteiger partial charge >= 0.3 is 0 Å². The second-order valence-corrected chi connectivity index (χ2v) is 9.06. The zero-order valence-corrected chi connectivity index (χ0v) is 19.4. The molecule has 0 saturated carbocycles. The van der Waals surface area contributed by atoms with Crippen LogP contribution in [-0.2, 0) is 5.41 Å². The summed E-state index contributed by atoms with van der Waals surface area (Å²) in [7, 11) is 0. The van der Waals surface area contributed by atoms with E-state index in [1.807, 2.05) is 50.4 Å². The lowest BCUT2D eigenvalue weighted by atomic mass is 9.95. The maximum absolute atomic E-state index is 13.2. The second kappa shape index (κ2) is 8.90. The molecule has 1 N–H and O–H groups in total. The smallest absolute Gasteiger partial charge is 0.251 e. The van der Waals surface area contributed by atoms with Crippen molar-refractivity contribution >= 4 is 5.91 Å². The molecular formula is C25H27N7O. The first-order chi connectivity index (χ1) is 15.7. The third-order valence-corrected chi connectivity index (χ3v) is 5.22. The second-order valence-electron chi connectivity index (χ2n) is 9.06. The highest BCUT2D eigenvalue weighted by atomic mass is 16.1. The number of carbonyl (C=O) groups excluding carboxylic acids is 1. The van der Waals surface area contributed by atoms with E-state index in [2.05, 4.69) is 51.1 Å². The number of benzene rings is 1. The first-order valence-corrected chi connectivity index (χ1v) is 10.8. The molecule has 0 fully saturated rings. The van der Waals surface area contributed by atoms with E-state index in [9.17, 15) is 4.79 Å². The van der Waals surface area contributed by atoms with Gasteiger partial charge in [0, 0.05) is 35.1 Å². The van der Waals surface area contributed by atoms with Crippen LogP contribution in [0.2, 0.25) is 0 Å². The molecule has 3 heterocycles. The molecule has 0 aliphatic rings. The number of aromatic nitrogens is 6. The van der Waals surface area contributed by atoms with Crippen molar-refractivity contribution in [3.8, 4) is 16.9 Å². The Hall–Kier alpha value is -3.94. The quantitative estimate of drug-likeness (QED) is 0.498. The zero-order valence-electron chi connectivity index (χ0n) is 19.4.